The Kier molecular flexibility index (Phi) is 4.48. The highest BCUT2D eigenvalue weighted by Crippen LogP contribution is 2.36. The topological polar surface area (TPSA) is 61.8 Å². The van der Waals surface area contributed by atoms with Crippen molar-refractivity contribution < 1.29 is 23.8 Å². The molecule has 0 radical (unpaired) electrons. The SMILES string of the molecule is COc1ccccc1C=C1Oc2cc(OC(=O)c3cccs3)ccc2C1=O. The minimum Gasteiger partial charge on any atom is -0.496 e. The molecule has 27 heavy (non-hydrogen) atoms. The third-order valence-corrected chi connectivity index (χ3v) is 4.85. The summed E-state index contributed by atoms with van der Waals surface area (Å²) >= 11 is 1.30. The van der Waals surface area contributed by atoms with E-state index in [2.05, 4.69) is 0 Å². The summed E-state index contributed by atoms with van der Waals surface area (Å²) in [4.78, 5) is 25.2. The molecule has 0 saturated carbocycles. The number of ketones is 1. The molecule has 5 nitrogen and oxygen atoms in total. The molecule has 0 unspecified atom stereocenters. The molecule has 0 saturated heterocycles. The molecule has 3 aromatic rings. The van der Waals surface area contributed by atoms with Gasteiger partial charge in [0, 0.05) is 11.6 Å². The standard InChI is InChI=1S/C21H14O5S/c1-24-16-6-3-2-5-13(16)11-18-20(22)15-9-8-14(12-17(15)26-18)25-21(23)19-7-4-10-27-19/h2-12H,1H3. The van der Waals surface area contributed by atoms with Gasteiger partial charge in [-0.15, -0.1) is 11.3 Å². The van der Waals surface area contributed by atoms with Crippen LogP contribution in [-0.2, 0) is 0 Å². The molecule has 4 rings (SSSR count). The highest BCUT2D eigenvalue weighted by Gasteiger charge is 2.28. The van der Waals surface area contributed by atoms with E-state index < -0.39 is 5.97 Å². The number of allylic oxidation sites excluding steroid dienone is 1. The van der Waals surface area contributed by atoms with Crippen LogP contribution in [0.2, 0.25) is 0 Å². The Bertz CT molecular complexity index is 1050. The maximum absolute atomic E-state index is 12.6. The second kappa shape index (κ2) is 7.09. The summed E-state index contributed by atoms with van der Waals surface area (Å²) in [6.07, 6.45) is 1.64. The van der Waals surface area contributed by atoms with Crippen LogP contribution in [0.3, 0.4) is 0 Å². The van der Waals surface area contributed by atoms with E-state index in [1.54, 1.807) is 55.0 Å². The number of fused-ring (bicyclic) bond motifs is 1. The predicted molar refractivity (Wildman–Crippen MR) is 102 cm³/mol. The number of ether oxygens (including phenoxy) is 3. The van der Waals surface area contributed by atoms with Gasteiger partial charge in [0.25, 0.3) is 0 Å². The van der Waals surface area contributed by atoms with Gasteiger partial charge < -0.3 is 14.2 Å². The van der Waals surface area contributed by atoms with E-state index >= 15 is 0 Å². The number of rotatable bonds is 4. The van der Waals surface area contributed by atoms with Gasteiger partial charge in [0.05, 0.1) is 12.7 Å². The zero-order valence-corrected chi connectivity index (χ0v) is 15.1. The van der Waals surface area contributed by atoms with Gasteiger partial charge in [-0.05, 0) is 35.7 Å². The molecule has 2 aromatic carbocycles. The quantitative estimate of drug-likeness (QED) is 0.377. The normalized spacial score (nSPS) is 14.0. The van der Waals surface area contributed by atoms with Crippen molar-refractivity contribution in [2.75, 3.05) is 7.11 Å². The van der Waals surface area contributed by atoms with Gasteiger partial charge in [-0.2, -0.15) is 0 Å². The van der Waals surface area contributed by atoms with Crippen LogP contribution in [0.5, 0.6) is 17.2 Å². The lowest BCUT2D eigenvalue weighted by Crippen LogP contribution is -2.06. The summed E-state index contributed by atoms with van der Waals surface area (Å²) in [5.41, 5.74) is 1.16. The summed E-state index contributed by atoms with van der Waals surface area (Å²) < 4.78 is 16.4. The molecular weight excluding hydrogens is 364 g/mol. The fourth-order valence-electron chi connectivity index (χ4n) is 2.71. The number of esters is 1. The maximum atomic E-state index is 12.6. The molecular formula is C21H14O5S. The average molecular weight is 378 g/mol. The number of methoxy groups -OCH3 is 1. The Morgan fingerprint density at radius 1 is 1.11 bits per heavy atom. The molecule has 0 atom stereocenters. The van der Waals surface area contributed by atoms with E-state index in [1.165, 1.54) is 11.3 Å². The van der Waals surface area contributed by atoms with Crippen LogP contribution < -0.4 is 14.2 Å². The van der Waals surface area contributed by atoms with E-state index in [-0.39, 0.29) is 11.5 Å². The van der Waals surface area contributed by atoms with Crippen molar-refractivity contribution in [3.05, 3.63) is 81.7 Å². The fourth-order valence-corrected chi connectivity index (χ4v) is 3.31. The second-order valence-electron chi connectivity index (χ2n) is 5.71. The molecule has 0 spiro atoms. The Hall–Kier alpha value is -3.38. The maximum Gasteiger partial charge on any atom is 0.353 e. The molecule has 0 fully saturated rings. The van der Waals surface area contributed by atoms with E-state index in [1.807, 2.05) is 18.2 Å². The minimum absolute atomic E-state index is 0.191. The number of hydrogen-bond acceptors (Lipinski definition) is 6. The lowest BCUT2D eigenvalue weighted by atomic mass is 10.1. The van der Waals surface area contributed by atoms with Gasteiger partial charge in [0.15, 0.2) is 5.76 Å². The van der Waals surface area contributed by atoms with Crippen molar-refractivity contribution in [1.29, 1.82) is 0 Å². The zero-order chi connectivity index (χ0) is 18.8. The largest absolute Gasteiger partial charge is 0.496 e. The third kappa shape index (κ3) is 3.35. The van der Waals surface area contributed by atoms with Gasteiger partial charge >= 0.3 is 5.97 Å². The van der Waals surface area contributed by atoms with E-state index in [0.717, 1.165) is 5.56 Å². The Balaban J connectivity index is 1.59. The Morgan fingerprint density at radius 2 is 1.96 bits per heavy atom. The number of thiophene rings is 1. The first kappa shape index (κ1) is 17.1. The first-order chi connectivity index (χ1) is 13.2. The van der Waals surface area contributed by atoms with Crippen LogP contribution in [0.25, 0.3) is 6.08 Å². The van der Waals surface area contributed by atoms with Crippen molar-refractivity contribution in [2.45, 2.75) is 0 Å². The van der Waals surface area contributed by atoms with Crippen molar-refractivity contribution in [1.82, 2.24) is 0 Å². The van der Waals surface area contributed by atoms with Crippen LogP contribution in [0.1, 0.15) is 25.6 Å². The monoisotopic (exact) mass is 378 g/mol. The fraction of sp³-hybridized carbons (Fsp3) is 0.0476. The van der Waals surface area contributed by atoms with Crippen LogP contribution in [0.4, 0.5) is 0 Å². The lowest BCUT2D eigenvalue weighted by Gasteiger charge is -2.05. The lowest BCUT2D eigenvalue weighted by molar-refractivity contribution is 0.0739. The number of benzene rings is 2. The van der Waals surface area contributed by atoms with Crippen LogP contribution in [-0.4, -0.2) is 18.9 Å². The molecule has 1 aromatic heterocycles. The van der Waals surface area contributed by atoms with E-state index in [4.69, 9.17) is 14.2 Å². The van der Waals surface area contributed by atoms with Crippen LogP contribution in [0, 0.1) is 0 Å². The highest BCUT2D eigenvalue weighted by atomic mass is 32.1. The van der Waals surface area contributed by atoms with Crippen molar-refractivity contribution in [3.63, 3.8) is 0 Å². The molecule has 134 valence electrons. The molecule has 2 heterocycles. The zero-order valence-electron chi connectivity index (χ0n) is 14.3. The van der Waals surface area contributed by atoms with Gasteiger partial charge in [0.1, 0.15) is 22.1 Å². The van der Waals surface area contributed by atoms with Crippen molar-refractivity contribution in [3.8, 4) is 17.2 Å². The molecule has 0 aliphatic carbocycles. The molecule has 0 bridgehead atoms. The average Bonchev–Trinajstić information content (AvgIpc) is 3.31. The van der Waals surface area contributed by atoms with Crippen molar-refractivity contribution in [2.24, 2.45) is 0 Å². The van der Waals surface area contributed by atoms with Crippen LogP contribution in [0.15, 0.2) is 65.7 Å². The molecule has 6 heteroatoms. The Labute approximate surface area is 159 Å². The third-order valence-electron chi connectivity index (χ3n) is 4.00. The molecule has 1 aliphatic rings. The number of hydrogen-bond donors (Lipinski definition) is 0. The van der Waals surface area contributed by atoms with Crippen molar-refractivity contribution >= 4 is 29.2 Å². The summed E-state index contributed by atoms with van der Waals surface area (Å²) in [5, 5.41) is 1.80. The minimum atomic E-state index is -0.445. The van der Waals surface area contributed by atoms with E-state index in [9.17, 15) is 9.59 Å². The highest BCUT2D eigenvalue weighted by molar-refractivity contribution is 7.12. The van der Waals surface area contributed by atoms with Crippen LogP contribution >= 0.6 is 11.3 Å². The summed E-state index contributed by atoms with van der Waals surface area (Å²) in [6.45, 7) is 0. The van der Waals surface area contributed by atoms with Gasteiger partial charge in [-0.1, -0.05) is 24.3 Å². The smallest absolute Gasteiger partial charge is 0.353 e. The molecule has 0 amide bonds. The van der Waals surface area contributed by atoms with Gasteiger partial charge in [0.2, 0.25) is 5.78 Å². The van der Waals surface area contributed by atoms with Gasteiger partial charge in [-0.25, -0.2) is 4.79 Å². The summed E-state index contributed by atoms with van der Waals surface area (Å²) in [7, 11) is 1.57. The molecule has 0 N–H and O–H groups in total. The molecule has 1 aliphatic heterocycles. The summed E-state index contributed by atoms with van der Waals surface area (Å²) in [5.74, 6) is 0.835. The second-order valence-corrected chi connectivity index (χ2v) is 6.65. The first-order valence-electron chi connectivity index (χ1n) is 8.13. The predicted octanol–water partition coefficient (Wildman–Crippen LogP) is 4.59. The Morgan fingerprint density at radius 3 is 2.74 bits per heavy atom. The number of carbonyl (C=O) groups excluding carboxylic acids is 2. The summed E-state index contributed by atoms with van der Waals surface area (Å²) in [6, 6.07) is 15.5. The van der Waals surface area contributed by atoms with Gasteiger partial charge in [-0.3, -0.25) is 4.79 Å². The first-order valence-corrected chi connectivity index (χ1v) is 9.00. The van der Waals surface area contributed by atoms with E-state index in [0.29, 0.717) is 27.7 Å². The number of para-hydroxylation sites is 1. The number of Topliss-reactive ketones (excluding diaryl/α,β-unsaturated/α-hetero) is 1. The number of carbonyl (C=O) groups is 2.